The molecule has 0 bridgehead atoms. The van der Waals surface area contributed by atoms with Gasteiger partial charge in [0.15, 0.2) is 6.61 Å². The lowest BCUT2D eigenvalue weighted by Crippen LogP contribution is -2.17. The third-order valence-corrected chi connectivity index (χ3v) is 2.33. The number of carbonyl (C=O) groups is 1. The van der Waals surface area contributed by atoms with Crippen LogP contribution in [0.2, 0.25) is 25.7 Å². The first-order chi connectivity index (χ1) is 5.42. The van der Waals surface area contributed by atoms with Gasteiger partial charge < -0.3 is 4.74 Å². The van der Waals surface area contributed by atoms with Crippen LogP contribution in [0.15, 0.2) is 0 Å². The van der Waals surface area contributed by atoms with E-state index in [0.717, 1.165) is 6.04 Å². The van der Waals surface area contributed by atoms with Crippen molar-refractivity contribution in [2.75, 3.05) is 6.61 Å². The van der Waals surface area contributed by atoms with E-state index in [1.807, 2.05) is 0 Å². The molecule has 0 aliphatic carbocycles. The molecule has 0 rings (SSSR count). The highest BCUT2D eigenvalue weighted by Crippen LogP contribution is 2.05. The van der Waals surface area contributed by atoms with Crippen LogP contribution in [0, 0.1) is 11.8 Å². The second kappa shape index (κ2) is 4.99. The van der Waals surface area contributed by atoms with Crippen LogP contribution in [0.25, 0.3) is 0 Å². The fourth-order valence-electron chi connectivity index (χ4n) is 0.516. The summed E-state index contributed by atoms with van der Waals surface area (Å²) in [5, 5.41) is 0. The topological polar surface area (TPSA) is 26.3 Å². The molecule has 0 aromatic carbocycles. The maximum Gasteiger partial charge on any atom is 0.303 e. The number of carbonyl (C=O) groups excluding carboxylic acids is 1. The van der Waals surface area contributed by atoms with Crippen molar-refractivity contribution in [2.45, 2.75) is 32.6 Å². The zero-order valence-electron chi connectivity index (χ0n) is 8.23. The Morgan fingerprint density at radius 3 is 2.33 bits per heavy atom. The third kappa shape index (κ3) is 9.25. The van der Waals surface area contributed by atoms with Crippen LogP contribution in [0.3, 0.4) is 0 Å². The van der Waals surface area contributed by atoms with Crippen LogP contribution in [-0.2, 0) is 9.53 Å². The number of hydrogen-bond donors (Lipinski definition) is 0. The molecule has 0 saturated carbocycles. The van der Waals surface area contributed by atoms with Gasteiger partial charge in [0.25, 0.3) is 0 Å². The summed E-state index contributed by atoms with van der Waals surface area (Å²) < 4.78 is 4.66. The first-order valence-corrected chi connectivity index (χ1v) is 7.71. The molecule has 0 aliphatic rings. The molecule has 68 valence electrons. The van der Waals surface area contributed by atoms with Crippen molar-refractivity contribution in [1.29, 1.82) is 0 Å². The summed E-state index contributed by atoms with van der Waals surface area (Å²) in [4.78, 5) is 10.3. The van der Waals surface area contributed by atoms with Crippen LogP contribution in [0.4, 0.5) is 0 Å². The normalized spacial score (nSPS) is 10.0. The maximum absolute atomic E-state index is 10.3. The van der Waals surface area contributed by atoms with Gasteiger partial charge in [-0.1, -0.05) is 25.6 Å². The fourth-order valence-corrected chi connectivity index (χ4v) is 1.17. The van der Waals surface area contributed by atoms with E-state index < -0.39 is 8.07 Å². The van der Waals surface area contributed by atoms with Crippen LogP contribution in [0.1, 0.15) is 6.92 Å². The smallest absolute Gasteiger partial charge is 0.303 e. The van der Waals surface area contributed by atoms with Crippen LogP contribution < -0.4 is 0 Å². The van der Waals surface area contributed by atoms with Gasteiger partial charge in [0.1, 0.15) is 0 Å². The monoisotopic (exact) mass is 184 g/mol. The molecule has 0 amide bonds. The van der Waals surface area contributed by atoms with Crippen molar-refractivity contribution < 1.29 is 9.53 Å². The molecule has 0 heterocycles. The van der Waals surface area contributed by atoms with Gasteiger partial charge in [0, 0.05) is 13.0 Å². The van der Waals surface area contributed by atoms with Gasteiger partial charge >= 0.3 is 5.97 Å². The Labute approximate surface area is 75.3 Å². The van der Waals surface area contributed by atoms with Gasteiger partial charge in [0.05, 0.1) is 8.07 Å². The Kier molecular flexibility index (Phi) is 4.68. The Balaban J connectivity index is 3.55. The number of hydrogen-bond acceptors (Lipinski definition) is 2. The van der Waals surface area contributed by atoms with Gasteiger partial charge in [-0.25, -0.2) is 0 Å². The van der Waals surface area contributed by atoms with Crippen LogP contribution >= 0.6 is 0 Å². The zero-order chi connectivity index (χ0) is 9.61. The molecule has 0 atom stereocenters. The minimum atomic E-state index is -1.05. The Morgan fingerprint density at radius 2 is 1.92 bits per heavy atom. The van der Waals surface area contributed by atoms with E-state index in [9.17, 15) is 4.79 Å². The molecule has 0 saturated heterocycles. The van der Waals surface area contributed by atoms with Gasteiger partial charge in [0.2, 0.25) is 0 Å². The lowest BCUT2D eigenvalue weighted by Gasteiger charge is -2.09. The minimum absolute atomic E-state index is 0.236. The predicted molar refractivity (Wildman–Crippen MR) is 52.6 cm³/mol. The minimum Gasteiger partial charge on any atom is -0.453 e. The zero-order valence-corrected chi connectivity index (χ0v) is 9.23. The van der Waals surface area contributed by atoms with Crippen molar-refractivity contribution >= 4 is 14.0 Å². The van der Waals surface area contributed by atoms with Crippen molar-refractivity contribution in [3.63, 3.8) is 0 Å². The van der Waals surface area contributed by atoms with Gasteiger partial charge in [-0.2, -0.15) is 0 Å². The summed E-state index contributed by atoms with van der Waals surface area (Å²) in [5.74, 6) is 5.56. The van der Waals surface area contributed by atoms with E-state index >= 15 is 0 Å². The second-order valence-electron chi connectivity index (χ2n) is 3.87. The average molecular weight is 184 g/mol. The van der Waals surface area contributed by atoms with Gasteiger partial charge in [-0.3, -0.25) is 4.79 Å². The lowest BCUT2D eigenvalue weighted by atomic mass is 10.6. The molecule has 12 heavy (non-hydrogen) atoms. The van der Waals surface area contributed by atoms with Crippen molar-refractivity contribution in [3.8, 4) is 11.8 Å². The van der Waals surface area contributed by atoms with E-state index in [4.69, 9.17) is 0 Å². The molecule has 0 fully saturated rings. The molecular formula is C9H16O2Si. The fraction of sp³-hybridized carbons (Fsp3) is 0.667. The standard InChI is InChI=1S/C9H16O2Si/c1-9(10)11-7-5-6-8-12(2,3)4/h7-8H2,1-4H3. The van der Waals surface area contributed by atoms with Crippen molar-refractivity contribution in [2.24, 2.45) is 0 Å². The molecule has 0 N–H and O–H groups in total. The summed E-state index contributed by atoms with van der Waals surface area (Å²) in [5.41, 5.74) is 0. The molecule has 0 aromatic rings. The summed E-state index contributed by atoms with van der Waals surface area (Å²) in [6.45, 7) is 8.40. The first-order valence-electron chi connectivity index (χ1n) is 4.01. The lowest BCUT2D eigenvalue weighted by molar-refractivity contribution is -0.139. The second-order valence-corrected chi connectivity index (χ2v) is 9.35. The predicted octanol–water partition coefficient (Wildman–Crippen LogP) is 1.89. The van der Waals surface area contributed by atoms with Gasteiger partial charge in [-0.15, -0.1) is 5.92 Å². The van der Waals surface area contributed by atoms with E-state index in [-0.39, 0.29) is 12.6 Å². The summed E-state index contributed by atoms with van der Waals surface area (Å²) in [6.07, 6.45) is 0. The highest BCUT2D eigenvalue weighted by molar-refractivity contribution is 6.76. The summed E-state index contributed by atoms with van der Waals surface area (Å²) in [7, 11) is -1.05. The first kappa shape index (κ1) is 11.2. The highest BCUT2D eigenvalue weighted by Gasteiger charge is 2.09. The average Bonchev–Trinajstić information content (AvgIpc) is 1.83. The molecule has 0 unspecified atom stereocenters. The molecule has 0 spiro atoms. The van der Waals surface area contributed by atoms with E-state index in [2.05, 4.69) is 36.2 Å². The SMILES string of the molecule is CC(=O)OCC#CC[Si](C)(C)C. The highest BCUT2D eigenvalue weighted by atomic mass is 28.3. The van der Waals surface area contributed by atoms with E-state index in [1.54, 1.807) is 0 Å². The molecule has 2 nitrogen and oxygen atoms in total. The van der Waals surface area contributed by atoms with E-state index in [1.165, 1.54) is 6.92 Å². The number of ether oxygens (including phenoxy) is 1. The molecule has 0 aliphatic heterocycles. The van der Waals surface area contributed by atoms with Crippen LogP contribution in [-0.4, -0.2) is 20.7 Å². The van der Waals surface area contributed by atoms with Crippen molar-refractivity contribution in [1.82, 2.24) is 0 Å². The van der Waals surface area contributed by atoms with Crippen LogP contribution in [0.5, 0.6) is 0 Å². The Hall–Kier alpha value is -0.753. The number of esters is 1. The van der Waals surface area contributed by atoms with E-state index in [0.29, 0.717) is 0 Å². The summed E-state index contributed by atoms with van der Waals surface area (Å²) >= 11 is 0. The maximum atomic E-state index is 10.3. The Bertz CT molecular complexity index is 205. The Morgan fingerprint density at radius 1 is 1.33 bits per heavy atom. The summed E-state index contributed by atoms with van der Waals surface area (Å²) in [6, 6.07) is 0.967. The third-order valence-electron chi connectivity index (χ3n) is 1.09. The molecule has 3 heteroatoms. The quantitative estimate of drug-likeness (QED) is 0.372. The van der Waals surface area contributed by atoms with Gasteiger partial charge in [-0.05, 0) is 0 Å². The van der Waals surface area contributed by atoms with Crippen molar-refractivity contribution in [3.05, 3.63) is 0 Å². The number of rotatable bonds is 2. The largest absolute Gasteiger partial charge is 0.453 e. The molecule has 0 aromatic heterocycles. The molecule has 0 radical (unpaired) electrons. The molecular weight excluding hydrogens is 168 g/mol.